The van der Waals surface area contributed by atoms with Crippen LogP contribution in [-0.4, -0.2) is 11.5 Å². The van der Waals surface area contributed by atoms with E-state index in [4.69, 9.17) is 10.7 Å². The third kappa shape index (κ3) is 1.91. The zero-order chi connectivity index (χ0) is 8.97. The Balaban J connectivity index is 2.55. The van der Waals surface area contributed by atoms with Crippen LogP contribution in [0, 0.1) is 22.7 Å². The van der Waals surface area contributed by atoms with E-state index in [-0.39, 0.29) is 18.1 Å². The predicted molar refractivity (Wildman–Crippen MR) is 44.9 cm³/mol. The molecule has 0 aromatic rings. The highest BCUT2D eigenvalue weighted by atomic mass is 16.1. The number of ketones is 1. The van der Waals surface area contributed by atoms with E-state index in [0.29, 0.717) is 12.1 Å². The highest BCUT2D eigenvalue weighted by Gasteiger charge is 2.25. The molecule has 0 bridgehead atoms. The zero-order valence-electron chi connectivity index (χ0n) is 6.97. The lowest BCUT2D eigenvalue weighted by Gasteiger charge is -2.19. The molecule has 1 rings (SSSR count). The second-order valence-corrected chi connectivity index (χ2v) is 3.12. The van der Waals surface area contributed by atoms with Crippen LogP contribution in [0.25, 0.3) is 0 Å². The minimum absolute atomic E-state index is 0.108. The van der Waals surface area contributed by atoms with E-state index in [2.05, 4.69) is 0 Å². The normalized spacial score (nSPS) is 23.2. The van der Waals surface area contributed by atoms with E-state index in [9.17, 15) is 4.79 Å². The van der Waals surface area contributed by atoms with Gasteiger partial charge in [-0.1, -0.05) is 6.42 Å². The quantitative estimate of drug-likeness (QED) is 0.631. The van der Waals surface area contributed by atoms with E-state index in [0.717, 1.165) is 19.3 Å². The van der Waals surface area contributed by atoms with Crippen LogP contribution in [0.15, 0.2) is 0 Å². The highest BCUT2D eigenvalue weighted by molar-refractivity contribution is 6.04. The molecule has 0 amide bonds. The van der Waals surface area contributed by atoms with Crippen LogP contribution in [0.3, 0.4) is 0 Å². The van der Waals surface area contributed by atoms with Crippen LogP contribution < -0.4 is 0 Å². The molecule has 1 fully saturated rings. The Morgan fingerprint density at radius 1 is 1.67 bits per heavy atom. The molecule has 1 aliphatic carbocycles. The Hall–Kier alpha value is -1.17. The molecule has 0 aliphatic heterocycles. The molecule has 0 aromatic heterocycles. The summed E-state index contributed by atoms with van der Waals surface area (Å²) in [6.45, 7) is 0. The first-order valence-corrected chi connectivity index (χ1v) is 4.22. The molecule has 1 aliphatic rings. The number of hydrogen-bond donors (Lipinski definition) is 1. The summed E-state index contributed by atoms with van der Waals surface area (Å²) >= 11 is 0. The second-order valence-electron chi connectivity index (χ2n) is 3.12. The third-order valence-corrected chi connectivity index (χ3v) is 2.24. The summed E-state index contributed by atoms with van der Waals surface area (Å²) in [5.74, 6) is -0.0834. The molecule has 64 valence electrons. The lowest BCUT2D eigenvalue weighted by Crippen LogP contribution is -2.26. The molecule has 0 heterocycles. The Labute approximate surface area is 71.9 Å². The molecule has 0 aromatic carbocycles. The lowest BCUT2D eigenvalue weighted by atomic mass is 9.84. The summed E-state index contributed by atoms with van der Waals surface area (Å²) in [5.41, 5.74) is 0.308. The molecule has 1 saturated carbocycles. The van der Waals surface area contributed by atoms with Crippen LogP contribution in [0.5, 0.6) is 0 Å². The SMILES string of the molecule is N#CCC(=N)C1CCCCC1=O. The standard InChI is InChI=1S/C9H12N2O/c10-6-5-8(11)7-3-1-2-4-9(7)12/h7,11H,1-5H2. The lowest BCUT2D eigenvalue weighted by molar-refractivity contribution is -0.122. The van der Waals surface area contributed by atoms with Crippen LogP contribution >= 0.6 is 0 Å². The van der Waals surface area contributed by atoms with Crippen molar-refractivity contribution in [3.05, 3.63) is 0 Å². The van der Waals surface area contributed by atoms with Crippen molar-refractivity contribution in [3.8, 4) is 6.07 Å². The Morgan fingerprint density at radius 2 is 2.42 bits per heavy atom. The van der Waals surface area contributed by atoms with Crippen molar-refractivity contribution in [2.75, 3.05) is 0 Å². The number of carbonyl (C=O) groups excluding carboxylic acids is 1. The van der Waals surface area contributed by atoms with Gasteiger partial charge in [0.1, 0.15) is 5.78 Å². The van der Waals surface area contributed by atoms with Crippen LogP contribution in [0.1, 0.15) is 32.1 Å². The predicted octanol–water partition coefficient (Wildman–Crippen LogP) is 1.68. The molecular weight excluding hydrogens is 152 g/mol. The largest absolute Gasteiger partial charge is 0.308 e. The van der Waals surface area contributed by atoms with Gasteiger partial charge in [0.2, 0.25) is 0 Å². The van der Waals surface area contributed by atoms with Crippen molar-refractivity contribution in [3.63, 3.8) is 0 Å². The average Bonchev–Trinajstić information content (AvgIpc) is 2.05. The fraction of sp³-hybridized carbons (Fsp3) is 0.667. The molecule has 1 unspecified atom stereocenters. The van der Waals surface area contributed by atoms with Gasteiger partial charge in [-0.25, -0.2) is 0 Å². The molecule has 3 heteroatoms. The van der Waals surface area contributed by atoms with Gasteiger partial charge in [-0.15, -0.1) is 0 Å². The molecule has 0 saturated heterocycles. The summed E-state index contributed by atoms with van der Waals surface area (Å²) in [7, 11) is 0. The smallest absolute Gasteiger partial charge is 0.141 e. The van der Waals surface area contributed by atoms with Gasteiger partial charge < -0.3 is 5.41 Å². The second kappa shape index (κ2) is 4.01. The molecular formula is C9H12N2O. The molecule has 12 heavy (non-hydrogen) atoms. The molecule has 3 nitrogen and oxygen atoms in total. The van der Waals surface area contributed by atoms with Crippen LogP contribution in [0.4, 0.5) is 0 Å². The monoisotopic (exact) mass is 164 g/mol. The summed E-state index contributed by atoms with van der Waals surface area (Å²) in [6, 6.07) is 1.91. The van der Waals surface area contributed by atoms with Gasteiger partial charge in [-0.05, 0) is 12.8 Å². The van der Waals surface area contributed by atoms with Crippen molar-refractivity contribution in [2.24, 2.45) is 5.92 Å². The fourth-order valence-corrected chi connectivity index (χ4v) is 1.56. The molecule has 1 N–H and O–H groups in total. The van der Waals surface area contributed by atoms with E-state index in [1.807, 2.05) is 6.07 Å². The van der Waals surface area contributed by atoms with Gasteiger partial charge in [-0.2, -0.15) is 5.26 Å². The number of Topliss-reactive ketones (excluding diaryl/α,β-unsaturated/α-hetero) is 1. The summed E-state index contributed by atoms with van der Waals surface area (Å²) in [6.07, 6.45) is 3.45. The summed E-state index contributed by atoms with van der Waals surface area (Å²) < 4.78 is 0. The first kappa shape index (κ1) is 8.92. The molecule has 0 radical (unpaired) electrons. The van der Waals surface area contributed by atoms with Gasteiger partial charge >= 0.3 is 0 Å². The number of nitrogens with zero attached hydrogens (tertiary/aromatic N) is 1. The molecule has 0 spiro atoms. The maximum atomic E-state index is 11.3. The van der Waals surface area contributed by atoms with Gasteiger partial charge in [0, 0.05) is 12.1 Å². The van der Waals surface area contributed by atoms with Gasteiger partial charge in [0.05, 0.1) is 18.4 Å². The van der Waals surface area contributed by atoms with E-state index in [1.165, 1.54) is 0 Å². The van der Waals surface area contributed by atoms with E-state index < -0.39 is 0 Å². The number of nitrogens with one attached hydrogen (secondary N) is 1. The van der Waals surface area contributed by atoms with Crippen molar-refractivity contribution < 1.29 is 4.79 Å². The van der Waals surface area contributed by atoms with Gasteiger partial charge in [0.15, 0.2) is 0 Å². The highest BCUT2D eigenvalue weighted by Crippen LogP contribution is 2.22. The third-order valence-electron chi connectivity index (χ3n) is 2.24. The van der Waals surface area contributed by atoms with Gasteiger partial charge in [0.25, 0.3) is 0 Å². The number of nitriles is 1. The summed E-state index contributed by atoms with van der Waals surface area (Å²) in [4.78, 5) is 11.3. The Morgan fingerprint density at radius 3 is 3.00 bits per heavy atom. The topological polar surface area (TPSA) is 64.7 Å². The Kier molecular flexibility index (Phi) is 2.98. The maximum absolute atomic E-state index is 11.3. The van der Waals surface area contributed by atoms with Crippen molar-refractivity contribution in [1.29, 1.82) is 10.7 Å². The summed E-state index contributed by atoms with van der Waals surface area (Å²) in [5, 5.41) is 15.8. The van der Waals surface area contributed by atoms with Crippen LogP contribution in [-0.2, 0) is 4.79 Å². The fourth-order valence-electron chi connectivity index (χ4n) is 1.56. The minimum atomic E-state index is -0.238. The van der Waals surface area contributed by atoms with Gasteiger partial charge in [-0.3, -0.25) is 4.79 Å². The number of hydrogen-bond acceptors (Lipinski definition) is 3. The number of carbonyl (C=O) groups is 1. The van der Waals surface area contributed by atoms with Crippen molar-refractivity contribution in [1.82, 2.24) is 0 Å². The Bertz CT molecular complexity index is 239. The van der Waals surface area contributed by atoms with Crippen molar-refractivity contribution >= 4 is 11.5 Å². The first-order chi connectivity index (χ1) is 5.75. The number of rotatable bonds is 2. The average molecular weight is 164 g/mol. The van der Waals surface area contributed by atoms with Crippen molar-refractivity contribution in [2.45, 2.75) is 32.1 Å². The first-order valence-electron chi connectivity index (χ1n) is 4.22. The van der Waals surface area contributed by atoms with E-state index in [1.54, 1.807) is 0 Å². The zero-order valence-corrected chi connectivity index (χ0v) is 6.97. The van der Waals surface area contributed by atoms with E-state index >= 15 is 0 Å². The molecule has 1 atom stereocenters. The maximum Gasteiger partial charge on any atom is 0.141 e. The minimum Gasteiger partial charge on any atom is -0.308 e. The van der Waals surface area contributed by atoms with Crippen LogP contribution in [0.2, 0.25) is 0 Å².